The number of nitrogens with one attached hydrogen (secondary N) is 2. The minimum absolute atomic E-state index is 0.00774. The maximum absolute atomic E-state index is 13.2. The van der Waals surface area contributed by atoms with Gasteiger partial charge in [-0.25, -0.2) is 4.79 Å². The number of aromatic nitrogens is 3. The number of likely N-dealkylation sites (tertiary alicyclic amines) is 1. The van der Waals surface area contributed by atoms with Crippen molar-refractivity contribution in [2.75, 3.05) is 26.7 Å². The number of aromatic amines is 1. The second-order valence-corrected chi connectivity index (χ2v) is 10.4. The van der Waals surface area contributed by atoms with Gasteiger partial charge in [0, 0.05) is 37.4 Å². The number of hydrogen-bond donors (Lipinski definition) is 2. The van der Waals surface area contributed by atoms with E-state index in [0.717, 1.165) is 78.6 Å². The highest BCUT2D eigenvalue weighted by atomic mass is 16.5. The van der Waals surface area contributed by atoms with E-state index >= 15 is 0 Å². The van der Waals surface area contributed by atoms with Crippen LogP contribution in [0.4, 0.5) is 0 Å². The van der Waals surface area contributed by atoms with Gasteiger partial charge in [0.1, 0.15) is 5.75 Å². The molecule has 0 unspecified atom stereocenters. The van der Waals surface area contributed by atoms with Crippen molar-refractivity contribution in [1.29, 1.82) is 0 Å². The summed E-state index contributed by atoms with van der Waals surface area (Å²) in [4.78, 5) is 35.3. The molecule has 0 bridgehead atoms. The van der Waals surface area contributed by atoms with Gasteiger partial charge < -0.3 is 15.0 Å². The van der Waals surface area contributed by atoms with Crippen molar-refractivity contribution in [2.24, 2.45) is 0 Å². The molecule has 3 heterocycles. The van der Waals surface area contributed by atoms with Gasteiger partial charge in [-0.2, -0.15) is 0 Å². The van der Waals surface area contributed by atoms with Crippen LogP contribution >= 0.6 is 0 Å². The van der Waals surface area contributed by atoms with E-state index in [1.54, 1.807) is 13.3 Å². The minimum atomic E-state index is -0.0596. The molecule has 1 aliphatic heterocycles. The zero-order valence-corrected chi connectivity index (χ0v) is 22.2. The van der Waals surface area contributed by atoms with Crippen LogP contribution in [0, 0.1) is 12.0 Å². The van der Waals surface area contributed by atoms with Crippen molar-refractivity contribution in [3.8, 4) is 5.75 Å². The van der Waals surface area contributed by atoms with Gasteiger partial charge in [-0.1, -0.05) is 24.3 Å². The van der Waals surface area contributed by atoms with Crippen LogP contribution in [0.25, 0.3) is 11.0 Å². The Morgan fingerprint density at radius 2 is 1.95 bits per heavy atom. The number of imidazole rings is 1. The number of nitrogens with zero attached hydrogens (tertiary/aromatic N) is 3. The molecule has 2 aliphatic rings. The van der Waals surface area contributed by atoms with Crippen molar-refractivity contribution in [1.82, 2.24) is 24.8 Å². The fraction of sp³-hybridized carbons (Fsp3) is 0.323. The molecule has 39 heavy (non-hydrogen) atoms. The Morgan fingerprint density at radius 1 is 1.10 bits per heavy atom. The van der Waals surface area contributed by atoms with E-state index in [0.29, 0.717) is 13.0 Å². The number of pyridine rings is 1. The fourth-order valence-electron chi connectivity index (χ4n) is 6.00. The molecule has 0 atom stereocenters. The molecule has 4 aromatic rings. The lowest BCUT2D eigenvalue weighted by Crippen LogP contribution is -2.45. The van der Waals surface area contributed by atoms with Crippen LogP contribution < -0.4 is 15.7 Å². The topological polar surface area (TPSA) is 92.2 Å². The van der Waals surface area contributed by atoms with E-state index < -0.39 is 0 Å². The smallest absolute Gasteiger partial charge is 0.326 e. The zero-order chi connectivity index (χ0) is 26.8. The van der Waals surface area contributed by atoms with Gasteiger partial charge in [0.15, 0.2) is 0 Å². The zero-order valence-electron chi connectivity index (χ0n) is 22.2. The number of carbonyl (C=O) groups excluding carboxylic acids is 1. The van der Waals surface area contributed by atoms with Gasteiger partial charge in [0.25, 0.3) is 0 Å². The van der Waals surface area contributed by atoms with Crippen molar-refractivity contribution >= 4 is 16.9 Å². The summed E-state index contributed by atoms with van der Waals surface area (Å²) < 4.78 is 7.33. The summed E-state index contributed by atoms with van der Waals surface area (Å²) in [5.74, 6) is 1.99. The van der Waals surface area contributed by atoms with E-state index in [1.165, 1.54) is 5.56 Å². The summed E-state index contributed by atoms with van der Waals surface area (Å²) in [6, 6.07) is 19.1. The number of piperidine rings is 1. The van der Waals surface area contributed by atoms with Crippen molar-refractivity contribution < 1.29 is 9.53 Å². The highest BCUT2D eigenvalue weighted by Gasteiger charge is 2.33. The lowest BCUT2D eigenvalue weighted by molar-refractivity contribution is -0.122. The van der Waals surface area contributed by atoms with Crippen LogP contribution in [-0.2, 0) is 17.6 Å². The summed E-state index contributed by atoms with van der Waals surface area (Å²) >= 11 is 0. The van der Waals surface area contributed by atoms with Gasteiger partial charge in [-0.05, 0) is 79.1 Å². The number of ether oxygens (including phenoxy) is 1. The molecule has 1 fully saturated rings. The van der Waals surface area contributed by atoms with Gasteiger partial charge in [0.05, 0.1) is 30.7 Å². The van der Waals surface area contributed by atoms with Gasteiger partial charge in [-0.15, -0.1) is 0 Å². The molecule has 1 aliphatic carbocycles. The average molecular weight is 524 g/mol. The molecule has 200 valence electrons. The molecule has 2 N–H and O–H groups in total. The standard InChI is InChI=1S/C31H33N5O3/c1-39-24-9-10-25-22(18-24)8-11-27(26(25)17-21-5-4-14-32-19-21)33-30(37)20-35-15-12-23(13-16-35)36-29-7-3-2-6-28(29)34-31(36)38/h2-7,9-10,14,18-19,23H,8,11-13,15-17,20H2,1H3,(H,33,37)(H,34,38). The summed E-state index contributed by atoms with van der Waals surface area (Å²) in [6.45, 7) is 1.89. The lowest BCUT2D eigenvalue weighted by atomic mass is 9.76. The van der Waals surface area contributed by atoms with E-state index in [1.807, 2.05) is 47.2 Å². The Bertz CT molecular complexity index is 1500. The largest absolute Gasteiger partial charge is 0.497 e. The number of fused-ring (bicyclic) bond motifs is 2. The van der Waals surface area contributed by atoms with Crippen molar-refractivity contribution in [3.05, 3.63) is 106 Å². The van der Waals surface area contributed by atoms with Crippen LogP contribution in [0.2, 0.25) is 0 Å². The average Bonchev–Trinajstić information content (AvgIpc) is 3.30. The third-order valence-corrected chi connectivity index (χ3v) is 7.95. The summed E-state index contributed by atoms with van der Waals surface area (Å²) in [5, 5.41) is 3.27. The minimum Gasteiger partial charge on any atom is -0.497 e. The Hall–Kier alpha value is -3.91. The third kappa shape index (κ3) is 5.34. The van der Waals surface area contributed by atoms with Crippen LogP contribution in [0.15, 0.2) is 71.8 Å². The molecule has 2 aromatic carbocycles. The predicted molar refractivity (Wildman–Crippen MR) is 150 cm³/mol. The Balaban J connectivity index is 1.11. The van der Waals surface area contributed by atoms with E-state index in [2.05, 4.69) is 38.4 Å². The molecule has 0 saturated carbocycles. The quantitative estimate of drug-likeness (QED) is 0.384. The maximum Gasteiger partial charge on any atom is 0.326 e. The highest BCUT2D eigenvalue weighted by Crippen LogP contribution is 2.39. The number of benzene rings is 2. The van der Waals surface area contributed by atoms with Gasteiger partial charge >= 0.3 is 5.69 Å². The Kier molecular flexibility index (Phi) is 7.20. The third-order valence-electron chi connectivity index (χ3n) is 7.95. The van der Waals surface area contributed by atoms with Crippen LogP contribution in [0.3, 0.4) is 0 Å². The number of carbonyl (C=O) groups is 1. The van der Waals surface area contributed by atoms with Crippen molar-refractivity contribution in [3.63, 3.8) is 0 Å². The Labute approximate surface area is 228 Å². The fourth-order valence-corrected chi connectivity index (χ4v) is 6.00. The first-order valence-electron chi connectivity index (χ1n) is 13.6. The predicted octanol–water partition coefficient (Wildman–Crippen LogP) is 3.83. The highest BCUT2D eigenvalue weighted by molar-refractivity contribution is 5.80. The first-order chi connectivity index (χ1) is 19.1. The number of amides is 1. The first kappa shape index (κ1) is 25.4. The summed E-state index contributed by atoms with van der Waals surface area (Å²) in [6.07, 6.45) is 7.65. The first-order valence-corrected chi connectivity index (χ1v) is 13.6. The molecule has 8 nitrogen and oxygen atoms in total. The molecular weight excluding hydrogens is 490 g/mol. The van der Waals surface area contributed by atoms with Crippen molar-refractivity contribution in [2.45, 2.75) is 38.1 Å². The summed E-state index contributed by atoms with van der Waals surface area (Å²) in [7, 11) is 1.68. The van der Waals surface area contributed by atoms with Crippen LogP contribution in [0.5, 0.6) is 5.75 Å². The van der Waals surface area contributed by atoms with Gasteiger partial charge in [0.2, 0.25) is 5.91 Å². The van der Waals surface area contributed by atoms with Crippen LogP contribution in [0.1, 0.15) is 42.0 Å². The number of rotatable bonds is 7. The monoisotopic (exact) mass is 523 g/mol. The van der Waals surface area contributed by atoms with E-state index in [-0.39, 0.29) is 17.6 Å². The Morgan fingerprint density at radius 3 is 2.74 bits per heavy atom. The number of aryl methyl sites for hydroxylation is 1. The number of hydrogen-bond acceptors (Lipinski definition) is 5. The van der Waals surface area contributed by atoms with E-state index in [9.17, 15) is 9.59 Å². The molecule has 6 rings (SSSR count). The normalized spacial score (nSPS) is 17.3. The summed E-state index contributed by atoms with van der Waals surface area (Å²) in [5.41, 5.74) is 5.26. The molecule has 2 aromatic heterocycles. The van der Waals surface area contributed by atoms with Crippen LogP contribution in [-0.4, -0.2) is 52.1 Å². The van der Waals surface area contributed by atoms with E-state index in [4.69, 9.17) is 4.74 Å². The molecule has 1 amide bonds. The molecule has 1 saturated heterocycles. The van der Waals surface area contributed by atoms with Gasteiger partial charge in [-0.3, -0.25) is 19.2 Å². The second-order valence-electron chi connectivity index (χ2n) is 10.4. The molecule has 0 spiro atoms. The molecular formula is C31H33N5O3. The maximum atomic E-state index is 13.2. The second kappa shape index (κ2) is 11.1. The number of H-pyrrole nitrogens is 1. The number of methoxy groups -OCH3 is 1. The number of para-hydroxylation sites is 2. The molecule has 8 heteroatoms. The lowest BCUT2D eigenvalue weighted by Gasteiger charge is -2.35. The SMILES string of the molecule is COc1ccc2c(c1)CC[C](NC(=O)CN1CCC(n3c(=O)[nH]c4ccccc43)CC1)[C]2Cc1cccnc1. The molecule has 2 radical (unpaired) electrons.